The summed E-state index contributed by atoms with van der Waals surface area (Å²) in [6.07, 6.45) is 2.92. The van der Waals surface area contributed by atoms with Crippen LogP contribution in [0.2, 0.25) is 0 Å². The minimum absolute atomic E-state index is 0.0730. The largest absolute Gasteiger partial charge is 0.352 e. The Labute approximate surface area is 115 Å². The van der Waals surface area contributed by atoms with Crippen LogP contribution in [0.5, 0.6) is 0 Å². The Balaban J connectivity index is 2.52. The van der Waals surface area contributed by atoms with E-state index < -0.39 is 6.04 Å². The molecule has 4 N–H and O–H groups in total. The first-order valence-corrected chi connectivity index (χ1v) is 7.19. The first-order valence-electron chi connectivity index (χ1n) is 7.19. The third kappa shape index (κ3) is 4.49. The summed E-state index contributed by atoms with van der Waals surface area (Å²) in [7, 11) is 0. The van der Waals surface area contributed by atoms with Gasteiger partial charge in [-0.25, -0.2) is 0 Å². The molecule has 2 amide bonds. The number of amides is 2. The van der Waals surface area contributed by atoms with Gasteiger partial charge in [0.15, 0.2) is 0 Å². The standard InChI is InChI=1S/C14H27N3O2/c1-8(2)16-13(18)10(4)17-14(19)11-7-5-6-9(3)12(11)15/h8-12H,5-7,15H2,1-4H3,(H,16,18)(H,17,19). The average molecular weight is 269 g/mol. The molecule has 19 heavy (non-hydrogen) atoms. The number of carbonyl (C=O) groups excluding carboxylic acids is 2. The molecule has 0 bridgehead atoms. The van der Waals surface area contributed by atoms with Gasteiger partial charge >= 0.3 is 0 Å². The van der Waals surface area contributed by atoms with E-state index in [-0.39, 0.29) is 29.8 Å². The molecule has 1 fully saturated rings. The third-order valence-electron chi connectivity index (χ3n) is 3.82. The third-order valence-corrected chi connectivity index (χ3v) is 3.82. The van der Waals surface area contributed by atoms with E-state index in [4.69, 9.17) is 5.73 Å². The van der Waals surface area contributed by atoms with Crippen molar-refractivity contribution in [1.29, 1.82) is 0 Å². The van der Waals surface area contributed by atoms with Crippen LogP contribution in [-0.4, -0.2) is 29.9 Å². The quantitative estimate of drug-likeness (QED) is 0.705. The van der Waals surface area contributed by atoms with Gasteiger partial charge in [-0.1, -0.05) is 13.3 Å². The van der Waals surface area contributed by atoms with Crippen molar-refractivity contribution in [2.24, 2.45) is 17.6 Å². The molecule has 5 nitrogen and oxygen atoms in total. The fourth-order valence-corrected chi connectivity index (χ4v) is 2.54. The van der Waals surface area contributed by atoms with E-state index in [1.165, 1.54) is 0 Å². The summed E-state index contributed by atoms with van der Waals surface area (Å²) in [5, 5.41) is 5.56. The molecule has 1 aliphatic rings. The lowest BCUT2D eigenvalue weighted by Gasteiger charge is -2.33. The zero-order valence-corrected chi connectivity index (χ0v) is 12.4. The van der Waals surface area contributed by atoms with Gasteiger partial charge in [0.1, 0.15) is 6.04 Å². The molecule has 0 aromatic rings. The second-order valence-electron chi connectivity index (χ2n) is 5.99. The van der Waals surface area contributed by atoms with Crippen LogP contribution in [0.1, 0.15) is 47.0 Å². The molecule has 0 aromatic heterocycles. The highest BCUT2D eigenvalue weighted by Crippen LogP contribution is 2.27. The maximum Gasteiger partial charge on any atom is 0.242 e. The molecule has 110 valence electrons. The number of carbonyl (C=O) groups is 2. The molecule has 0 radical (unpaired) electrons. The lowest BCUT2D eigenvalue weighted by atomic mass is 9.78. The van der Waals surface area contributed by atoms with E-state index in [0.717, 1.165) is 19.3 Å². The van der Waals surface area contributed by atoms with E-state index in [2.05, 4.69) is 17.6 Å². The van der Waals surface area contributed by atoms with Crippen LogP contribution >= 0.6 is 0 Å². The number of nitrogens with one attached hydrogen (secondary N) is 2. The van der Waals surface area contributed by atoms with Crippen LogP contribution in [0.3, 0.4) is 0 Å². The normalized spacial score (nSPS) is 28.8. The molecule has 0 spiro atoms. The highest BCUT2D eigenvalue weighted by Gasteiger charge is 2.33. The van der Waals surface area contributed by atoms with E-state index in [1.54, 1.807) is 6.92 Å². The smallest absolute Gasteiger partial charge is 0.242 e. The maximum absolute atomic E-state index is 12.2. The van der Waals surface area contributed by atoms with Gasteiger partial charge in [0, 0.05) is 12.1 Å². The Kier molecular flexibility index (Phi) is 5.79. The summed E-state index contributed by atoms with van der Waals surface area (Å²) < 4.78 is 0. The zero-order chi connectivity index (χ0) is 14.6. The molecule has 4 atom stereocenters. The fourth-order valence-electron chi connectivity index (χ4n) is 2.54. The Morgan fingerprint density at radius 2 is 1.79 bits per heavy atom. The number of nitrogens with two attached hydrogens (primary N) is 1. The molecule has 4 unspecified atom stereocenters. The highest BCUT2D eigenvalue weighted by molar-refractivity contribution is 5.88. The van der Waals surface area contributed by atoms with E-state index >= 15 is 0 Å². The van der Waals surface area contributed by atoms with Crippen molar-refractivity contribution in [2.45, 2.75) is 65.1 Å². The van der Waals surface area contributed by atoms with Crippen molar-refractivity contribution < 1.29 is 9.59 Å². The molecule has 0 saturated heterocycles. The molecular weight excluding hydrogens is 242 g/mol. The van der Waals surface area contributed by atoms with Gasteiger partial charge in [-0.15, -0.1) is 0 Å². The fraction of sp³-hybridized carbons (Fsp3) is 0.857. The van der Waals surface area contributed by atoms with Gasteiger partial charge in [-0.3, -0.25) is 9.59 Å². The molecule has 1 aliphatic carbocycles. The first kappa shape index (κ1) is 16.0. The highest BCUT2D eigenvalue weighted by atomic mass is 16.2. The number of rotatable bonds is 4. The van der Waals surface area contributed by atoms with Crippen molar-refractivity contribution >= 4 is 11.8 Å². The van der Waals surface area contributed by atoms with E-state index in [1.807, 2.05) is 13.8 Å². The van der Waals surface area contributed by atoms with Gasteiger partial charge in [-0.05, 0) is 39.5 Å². The van der Waals surface area contributed by atoms with Crippen molar-refractivity contribution in [3.63, 3.8) is 0 Å². The SMILES string of the molecule is CC(C)NC(=O)C(C)NC(=O)C1CCCC(C)C1N. The average Bonchev–Trinajstić information content (AvgIpc) is 2.31. The van der Waals surface area contributed by atoms with Gasteiger partial charge in [0.25, 0.3) is 0 Å². The van der Waals surface area contributed by atoms with E-state index in [9.17, 15) is 9.59 Å². The van der Waals surface area contributed by atoms with Crippen LogP contribution in [0, 0.1) is 11.8 Å². The zero-order valence-electron chi connectivity index (χ0n) is 12.4. The summed E-state index contributed by atoms with van der Waals surface area (Å²) in [5.41, 5.74) is 6.09. The van der Waals surface area contributed by atoms with Crippen molar-refractivity contribution in [3.05, 3.63) is 0 Å². The topological polar surface area (TPSA) is 84.2 Å². The van der Waals surface area contributed by atoms with Gasteiger partial charge < -0.3 is 16.4 Å². The minimum Gasteiger partial charge on any atom is -0.352 e. The molecular formula is C14H27N3O2. The second-order valence-corrected chi connectivity index (χ2v) is 5.99. The van der Waals surface area contributed by atoms with E-state index in [0.29, 0.717) is 5.92 Å². The molecule has 0 heterocycles. The Morgan fingerprint density at radius 1 is 1.16 bits per heavy atom. The van der Waals surface area contributed by atoms with Crippen LogP contribution in [0.15, 0.2) is 0 Å². The Bertz CT molecular complexity index is 331. The minimum atomic E-state index is -0.515. The summed E-state index contributed by atoms with van der Waals surface area (Å²) >= 11 is 0. The van der Waals surface area contributed by atoms with Crippen LogP contribution < -0.4 is 16.4 Å². The first-order chi connectivity index (χ1) is 8.82. The molecule has 1 saturated carbocycles. The second kappa shape index (κ2) is 6.89. The van der Waals surface area contributed by atoms with Gasteiger partial charge in [0.2, 0.25) is 11.8 Å². The number of hydrogen-bond donors (Lipinski definition) is 3. The van der Waals surface area contributed by atoms with Crippen LogP contribution in [0.25, 0.3) is 0 Å². The van der Waals surface area contributed by atoms with Gasteiger partial charge in [0.05, 0.1) is 5.92 Å². The maximum atomic E-state index is 12.2. The van der Waals surface area contributed by atoms with Crippen molar-refractivity contribution in [3.8, 4) is 0 Å². The number of hydrogen-bond acceptors (Lipinski definition) is 3. The Hall–Kier alpha value is -1.10. The van der Waals surface area contributed by atoms with Crippen molar-refractivity contribution in [1.82, 2.24) is 10.6 Å². The lowest BCUT2D eigenvalue weighted by molar-refractivity contribution is -0.132. The molecule has 1 rings (SSSR count). The predicted octanol–water partition coefficient (Wildman–Crippen LogP) is 0.779. The summed E-state index contributed by atoms with van der Waals surface area (Å²) in [6.45, 7) is 7.57. The molecule has 0 aliphatic heterocycles. The molecule has 0 aromatic carbocycles. The predicted molar refractivity (Wildman–Crippen MR) is 75.4 cm³/mol. The van der Waals surface area contributed by atoms with Gasteiger partial charge in [-0.2, -0.15) is 0 Å². The lowest BCUT2D eigenvalue weighted by Crippen LogP contribution is -2.53. The summed E-state index contributed by atoms with van der Waals surface area (Å²) in [5.74, 6) is -0.0476. The Morgan fingerprint density at radius 3 is 2.37 bits per heavy atom. The molecule has 5 heteroatoms. The van der Waals surface area contributed by atoms with Crippen LogP contribution in [0.4, 0.5) is 0 Å². The summed E-state index contributed by atoms with van der Waals surface area (Å²) in [6, 6.07) is -0.544. The van der Waals surface area contributed by atoms with Crippen molar-refractivity contribution in [2.75, 3.05) is 0 Å². The summed E-state index contributed by atoms with van der Waals surface area (Å²) in [4.78, 5) is 23.9. The van der Waals surface area contributed by atoms with Crippen LogP contribution in [-0.2, 0) is 9.59 Å². The monoisotopic (exact) mass is 269 g/mol.